The lowest BCUT2D eigenvalue weighted by Gasteiger charge is -2.69. The van der Waals surface area contributed by atoms with Gasteiger partial charge in [0.05, 0.1) is 6.54 Å². The van der Waals surface area contributed by atoms with Gasteiger partial charge in [-0.1, -0.05) is 41.0 Å². The van der Waals surface area contributed by atoms with Gasteiger partial charge < -0.3 is 19.9 Å². The van der Waals surface area contributed by atoms with Crippen LogP contribution in [0.2, 0.25) is 0 Å². The Morgan fingerprint density at radius 2 is 1.75 bits per heavy atom. The molecular formula is C30H48N4O5S. The van der Waals surface area contributed by atoms with Crippen molar-refractivity contribution in [3.05, 3.63) is 16.1 Å². The van der Waals surface area contributed by atoms with Gasteiger partial charge in [-0.15, -0.1) is 11.3 Å². The van der Waals surface area contributed by atoms with E-state index in [0.29, 0.717) is 29.1 Å². The summed E-state index contributed by atoms with van der Waals surface area (Å²) in [5.41, 5.74) is 0.620. The molecule has 0 aliphatic heterocycles. The van der Waals surface area contributed by atoms with Crippen molar-refractivity contribution in [2.75, 3.05) is 27.7 Å². The Bertz CT molecular complexity index is 1080. The van der Waals surface area contributed by atoms with Crippen molar-refractivity contribution in [1.29, 1.82) is 0 Å². The first-order valence-corrected chi connectivity index (χ1v) is 15.3. The van der Waals surface area contributed by atoms with Crippen molar-refractivity contribution in [1.82, 2.24) is 20.1 Å². The van der Waals surface area contributed by atoms with Gasteiger partial charge in [0, 0.05) is 49.7 Å². The van der Waals surface area contributed by atoms with E-state index in [1.807, 2.05) is 46.7 Å². The maximum Gasteiger partial charge on any atom is 0.303 e. The molecule has 0 saturated heterocycles. The predicted octanol–water partition coefficient (Wildman–Crippen LogP) is 4.48. The highest BCUT2D eigenvalue weighted by Gasteiger charge is 2.65. The lowest BCUT2D eigenvalue weighted by Crippen LogP contribution is -2.73. The van der Waals surface area contributed by atoms with Crippen molar-refractivity contribution in [2.24, 2.45) is 23.2 Å². The van der Waals surface area contributed by atoms with Crippen molar-refractivity contribution in [3.8, 4) is 0 Å². The number of nitrogens with zero attached hydrogens (tertiary/aromatic N) is 3. The minimum absolute atomic E-state index is 0.0393. The monoisotopic (exact) mass is 576 g/mol. The second kappa shape index (κ2) is 12.7. The van der Waals surface area contributed by atoms with Crippen LogP contribution in [0.1, 0.15) is 102 Å². The SMILES string of the molecule is CCC(C)C(CC(=O)CN(C)C)C(=O)N(C)C(CC(OC(C)=O)c1nc(C(=O)NC23CC(C)(C2)C3)cs1)C(C)C. The van der Waals surface area contributed by atoms with Gasteiger partial charge in [0.15, 0.2) is 6.10 Å². The third kappa shape index (κ3) is 7.49. The average Bonchev–Trinajstić information content (AvgIpc) is 3.31. The number of ether oxygens (including phenoxy) is 1. The highest BCUT2D eigenvalue weighted by atomic mass is 32.1. The number of carbonyl (C=O) groups is 4. The van der Waals surface area contributed by atoms with Gasteiger partial charge in [-0.3, -0.25) is 19.2 Å². The molecule has 1 aromatic heterocycles. The Morgan fingerprint density at radius 3 is 2.25 bits per heavy atom. The molecule has 224 valence electrons. The van der Waals surface area contributed by atoms with Crippen LogP contribution in [-0.4, -0.2) is 77.6 Å². The molecule has 0 radical (unpaired) electrons. The molecule has 4 atom stereocenters. The quantitative estimate of drug-likeness (QED) is 0.307. The number of carbonyl (C=O) groups excluding carboxylic acids is 4. The number of likely N-dealkylation sites (N-methyl/N-ethyl adjacent to an activating group) is 1. The van der Waals surface area contributed by atoms with Crippen molar-refractivity contribution >= 4 is 34.9 Å². The van der Waals surface area contributed by atoms with Gasteiger partial charge in [-0.2, -0.15) is 0 Å². The van der Waals surface area contributed by atoms with E-state index in [-0.39, 0.29) is 47.4 Å². The number of ketones is 1. The summed E-state index contributed by atoms with van der Waals surface area (Å²) in [6.07, 6.45) is 3.65. The van der Waals surface area contributed by atoms with E-state index >= 15 is 0 Å². The van der Waals surface area contributed by atoms with Crippen LogP contribution in [0.3, 0.4) is 0 Å². The number of aromatic nitrogens is 1. The normalized spacial score (nSPS) is 24.4. The van der Waals surface area contributed by atoms with Crippen molar-refractivity contribution in [2.45, 2.75) is 97.8 Å². The third-order valence-corrected chi connectivity index (χ3v) is 9.61. The molecule has 1 aromatic rings. The summed E-state index contributed by atoms with van der Waals surface area (Å²) in [5, 5.41) is 5.40. The van der Waals surface area contributed by atoms with Crippen molar-refractivity contribution < 1.29 is 23.9 Å². The van der Waals surface area contributed by atoms with Crippen LogP contribution >= 0.6 is 11.3 Å². The summed E-state index contributed by atoms with van der Waals surface area (Å²) in [6.45, 7) is 12.0. The van der Waals surface area contributed by atoms with E-state index < -0.39 is 18.0 Å². The van der Waals surface area contributed by atoms with Crippen LogP contribution in [0, 0.1) is 23.2 Å². The van der Waals surface area contributed by atoms with Crippen LogP contribution < -0.4 is 5.32 Å². The summed E-state index contributed by atoms with van der Waals surface area (Å²) in [4.78, 5) is 59.6. The number of nitrogens with one attached hydrogen (secondary N) is 1. The van der Waals surface area contributed by atoms with E-state index in [0.717, 1.165) is 25.7 Å². The van der Waals surface area contributed by atoms with Gasteiger partial charge in [0.1, 0.15) is 16.5 Å². The standard InChI is InChI=1S/C30H48N4O5S/c1-10-19(4)22(11-21(36)13-33(7)8)28(38)34(9)24(18(2)3)12-25(39-20(5)35)27-31-23(14-40-27)26(37)32-30-15-29(6,16-30)17-30/h14,18-19,22,24-25H,10-13,15-17H2,1-9H3,(H,32,37). The van der Waals surface area contributed by atoms with E-state index in [1.54, 1.807) is 17.3 Å². The Balaban J connectivity index is 1.76. The Morgan fingerprint density at radius 1 is 1.12 bits per heavy atom. The van der Waals surface area contributed by atoms with Crippen LogP contribution in [0.5, 0.6) is 0 Å². The molecule has 3 saturated carbocycles. The summed E-state index contributed by atoms with van der Waals surface area (Å²) in [6, 6.07) is -0.268. The van der Waals surface area contributed by atoms with Gasteiger partial charge >= 0.3 is 5.97 Å². The lowest BCUT2D eigenvalue weighted by atomic mass is 9.40. The predicted molar refractivity (Wildman–Crippen MR) is 156 cm³/mol. The molecule has 4 rings (SSSR count). The number of rotatable bonds is 15. The molecular weight excluding hydrogens is 528 g/mol. The fourth-order valence-corrected chi connectivity index (χ4v) is 7.51. The van der Waals surface area contributed by atoms with E-state index in [1.165, 1.54) is 18.3 Å². The fourth-order valence-electron chi connectivity index (χ4n) is 6.67. The molecule has 10 heteroatoms. The van der Waals surface area contributed by atoms with E-state index in [2.05, 4.69) is 17.2 Å². The lowest BCUT2D eigenvalue weighted by molar-refractivity contribution is -0.149. The number of thiazole rings is 1. The zero-order valence-electron chi connectivity index (χ0n) is 25.7. The van der Waals surface area contributed by atoms with Gasteiger partial charge in [-0.25, -0.2) is 4.98 Å². The molecule has 3 aliphatic rings. The zero-order valence-corrected chi connectivity index (χ0v) is 26.5. The maximum absolute atomic E-state index is 13.8. The first-order valence-electron chi connectivity index (χ1n) is 14.5. The highest BCUT2D eigenvalue weighted by Crippen LogP contribution is 2.66. The largest absolute Gasteiger partial charge is 0.455 e. The summed E-state index contributed by atoms with van der Waals surface area (Å²) in [5.74, 6) is -1.01. The average molecular weight is 577 g/mol. The molecule has 1 heterocycles. The first kappa shape index (κ1) is 32.2. The molecule has 0 aromatic carbocycles. The number of hydrogen-bond acceptors (Lipinski definition) is 8. The number of esters is 1. The Kier molecular flexibility index (Phi) is 10.2. The van der Waals surface area contributed by atoms with Crippen LogP contribution in [0.15, 0.2) is 5.38 Å². The fraction of sp³-hybridized carbons (Fsp3) is 0.767. The van der Waals surface area contributed by atoms with E-state index in [9.17, 15) is 19.2 Å². The Hall–Kier alpha value is -2.33. The second-order valence-electron chi connectivity index (χ2n) is 13.2. The number of amides is 2. The van der Waals surface area contributed by atoms with Gasteiger partial charge in [-0.05, 0) is 50.6 Å². The van der Waals surface area contributed by atoms with Gasteiger partial charge in [0.2, 0.25) is 5.91 Å². The molecule has 4 unspecified atom stereocenters. The second-order valence-corrected chi connectivity index (χ2v) is 14.1. The minimum Gasteiger partial charge on any atom is -0.455 e. The molecule has 2 bridgehead atoms. The first-order chi connectivity index (χ1) is 18.6. The molecule has 40 heavy (non-hydrogen) atoms. The molecule has 3 aliphatic carbocycles. The van der Waals surface area contributed by atoms with Gasteiger partial charge in [0.25, 0.3) is 5.91 Å². The topological polar surface area (TPSA) is 109 Å². The van der Waals surface area contributed by atoms with Crippen LogP contribution in [-0.2, 0) is 19.1 Å². The number of hydrogen-bond donors (Lipinski definition) is 1. The minimum atomic E-state index is -0.696. The smallest absolute Gasteiger partial charge is 0.303 e. The van der Waals surface area contributed by atoms with Crippen LogP contribution in [0.25, 0.3) is 0 Å². The maximum atomic E-state index is 13.8. The van der Waals surface area contributed by atoms with Crippen LogP contribution in [0.4, 0.5) is 0 Å². The summed E-state index contributed by atoms with van der Waals surface area (Å²) < 4.78 is 5.71. The molecule has 2 amide bonds. The zero-order chi connectivity index (χ0) is 30.0. The number of Topliss-reactive ketones (excluding diaryl/α,β-unsaturated/α-hetero) is 1. The highest BCUT2D eigenvalue weighted by molar-refractivity contribution is 7.09. The summed E-state index contributed by atoms with van der Waals surface area (Å²) in [7, 11) is 5.46. The Labute approximate surface area is 243 Å². The molecule has 0 spiro atoms. The molecule has 3 fully saturated rings. The van der Waals surface area contributed by atoms with E-state index in [4.69, 9.17) is 4.74 Å². The summed E-state index contributed by atoms with van der Waals surface area (Å²) >= 11 is 1.29. The molecule has 1 N–H and O–H groups in total. The molecule has 9 nitrogen and oxygen atoms in total. The third-order valence-electron chi connectivity index (χ3n) is 8.67. The van der Waals surface area contributed by atoms with Crippen molar-refractivity contribution in [3.63, 3.8) is 0 Å².